The topological polar surface area (TPSA) is 71.5 Å². The van der Waals surface area contributed by atoms with Crippen LogP contribution in [0.3, 0.4) is 0 Å². The molecule has 2 amide bonds. The highest BCUT2D eigenvalue weighted by atomic mass is 16.5. The van der Waals surface area contributed by atoms with Gasteiger partial charge in [-0.1, -0.05) is 18.2 Å². The molecule has 0 radical (unpaired) electrons. The highest BCUT2D eigenvalue weighted by Crippen LogP contribution is 2.21. The number of rotatable bonds is 7. The number of hydrogen-bond donors (Lipinski definition) is 1. The molecule has 0 spiro atoms. The third-order valence-electron chi connectivity index (χ3n) is 4.59. The Labute approximate surface area is 153 Å². The molecule has 3 rings (SSSR count). The van der Waals surface area contributed by atoms with Gasteiger partial charge >= 0.3 is 0 Å². The second-order valence-electron chi connectivity index (χ2n) is 6.38. The van der Waals surface area contributed by atoms with Crippen LogP contribution in [0.15, 0.2) is 48.8 Å². The van der Waals surface area contributed by atoms with Crippen molar-refractivity contribution in [2.24, 2.45) is 5.92 Å². The maximum absolute atomic E-state index is 12.4. The normalized spacial score (nSPS) is 16.6. The summed E-state index contributed by atoms with van der Waals surface area (Å²) in [6, 6.07) is 11.5. The molecule has 6 nitrogen and oxygen atoms in total. The van der Waals surface area contributed by atoms with Crippen LogP contribution in [-0.2, 0) is 22.6 Å². The number of carbonyl (C=O) groups excluding carboxylic acids is 2. The van der Waals surface area contributed by atoms with Crippen molar-refractivity contribution in [3.05, 3.63) is 59.9 Å². The largest absolute Gasteiger partial charge is 0.496 e. The second kappa shape index (κ2) is 8.47. The molecule has 0 aliphatic carbocycles. The smallest absolute Gasteiger partial charge is 0.225 e. The molecular weight excluding hydrogens is 330 g/mol. The third kappa shape index (κ3) is 4.39. The van der Waals surface area contributed by atoms with E-state index < -0.39 is 0 Å². The number of likely N-dealkylation sites (tertiary alicyclic amines) is 1. The van der Waals surface area contributed by atoms with E-state index in [1.165, 1.54) is 0 Å². The Bertz CT molecular complexity index is 764. The van der Waals surface area contributed by atoms with E-state index >= 15 is 0 Å². The average molecular weight is 353 g/mol. The minimum atomic E-state index is -0.290. The van der Waals surface area contributed by atoms with E-state index in [4.69, 9.17) is 4.74 Å². The summed E-state index contributed by atoms with van der Waals surface area (Å²) in [5.74, 6) is 0.487. The zero-order chi connectivity index (χ0) is 18.4. The minimum Gasteiger partial charge on any atom is -0.496 e. The van der Waals surface area contributed by atoms with Crippen molar-refractivity contribution in [2.45, 2.75) is 19.4 Å². The Morgan fingerprint density at radius 2 is 2.04 bits per heavy atom. The van der Waals surface area contributed by atoms with Gasteiger partial charge < -0.3 is 15.0 Å². The van der Waals surface area contributed by atoms with Crippen molar-refractivity contribution in [1.29, 1.82) is 0 Å². The molecule has 1 aromatic heterocycles. The molecule has 26 heavy (non-hydrogen) atoms. The van der Waals surface area contributed by atoms with E-state index in [1.54, 1.807) is 24.4 Å². The number of carbonyl (C=O) groups is 2. The average Bonchev–Trinajstić information content (AvgIpc) is 3.03. The molecule has 2 heterocycles. The van der Waals surface area contributed by atoms with Crippen molar-refractivity contribution in [1.82, 2.24) is 15.2 Å². The van der Waals surface area contributed by atoms with Gasteiger partial charge in [0.15, 0.2) is 0 Å². The molecule has 2 aromatic rings. The Hall–Kier alpha value is -2.89. The first-order chi connectivity index (χ1) is 12.7. The lowest BCUT2D eigenvalue weighted by Crippen LogP contribution is -2.34. The molecule has 1 unspecified atom stereocenters. The van der Waals surface area contributed by atoms with E-state index in [0.717, 1.165) is 16.9 Å². The lowest BCUT2D eigenvalue weighted by molar-refractivity contribution is -0.129. The molecule has 1 aliphatic rings. The number of para-hydroxylation sites is 1. The van der Waals surface area contributed by atoms with E-state index in [0.29, 0.717) is 26.1 Å². The summed E-state index contributed by atoms with van der Waals surface area (Å²) in [4.78, 5) is 30.3. The summed E-state index contributed by atoms with van der Waals surface area (Å²) < 4.78 is 5.32. The number of methoxy groups -OCH3 is 1. The molecule has 1 N–H and O–H groups in total. The number of amides is 2. The summed E-state index contributed by atoms with van der Waals surface area (Å²) >= 11 is 0. The van der Waals surface area contributed by atoms with Crippen LogP contribution in [0, 0.1) is 5.92 Å². The molecule has 0 bridgehead atoms. The quantitative estimate of drug-likeness (QED) is 0.824. The fraction of sp³-hybridized carbons (Fsp3) is 0.350. The van der Waals surface area contributed by atoms with E-state index in [1.807, 2.05) is 36.4 Å². The van der Waals surface area contributed by atoms with Gasteiger partial charge in [0.25, 0.3) is 0 Å². The van der Waals surface area contributed by atoms with Gasteiger partial charge in [0.05, 0.1) is 13.0 Å². The van der Waals surface area contributed by atoms with Gasteiger partial charge in [-0.05, 0) is 35.7 Å². The molecule has 1 saturated heterocycles. The Morgan fingerprint density at radius 1 is 1.27 bits per heavy atom. The van der Waals surface area contributed by atoms with Crippen LogP contribution in [0.4, 0.5) is 0 Å². The highest BCUT2D eigenvalue weighted by Gasteiger charge is 2.34. The third-order valence-corrected chi connectivity index (χ3v) is 4.59. The summed E-state index contributed by atoms with van der Waals surface area (Å²) in [6.45, 7) is 1.50. The minimum absolute atomic E-state index is 0.0201. The maximum Gasteiger partial charge on any atom is 0.225 e. The fourth-order valence-electron chi connectivity index (χ4n) is 3.18. The van der Waals surface area contributed by atoms with Crippen LogP contribution in [-0.4, -0.2) is 41.9 Å². The van der Waals surface area contributed by atoms with Gasteiger partial charge in [-0.15, -0.1) is 0 Å². The summed E-state index contributed by atoms with van der Waals surface area (Å²) in [6.07, 6.45) is 4.37. The highest BCUT2D eigenvalue weighted by molar-refractivity contribution is 5.89. The Balaban J connectivity index is 1.49. The van der Waals surface area contributed by atoms with Gasteiger partial charge in [-0.3, -0.25) is 14.6 Å². The molecular formula is C20H23N3O3. The fourth-order valence-corrected chi connectivity index (χ4v) is 3.18. The van der Waals surface area contributed by atoms with Gasteiger partial charge in [-0.2, -0.15) is 0 Å². The summed E-state index contributed by atoms with van der Waals surface area (Å²) in [5, 5.41) is 2.95. The Morgan fingerprint density at radius 3 is 2.81 bits per heavy atom. The number of aromatic nitrogens is 1. The molecule has 1 fully saturated rings. The lowest BCUT2D eigenvalue weighted by atomic mass is 10.1. The van der Waals surface area contributed by atoms with Crippen molar-refractivity contribution >= 4 is 11.8 Å². The first-order valence-electron chi connectivity index (χ1n) is 8.73. The number of benzene rings is 1. The van der Waals surface area contributed by atoms with Crippen LogP contribution in [0.2, 0.25) is 0 Å². The molecule has 1 aliphatic heterocycles. The molecule has 6 heteroatoms. The number of pyridine rings is 1. The van der Waals surface area contributed by atoms with Crippen LogP contribution < -0.4 is 10.1 Å². The number of hydrogen-bond acceptors (Lipinski definition) is 4. The van der Waals surface area contributed by atoms with E-state index in [-0.39, 0.29) is 24.2 Å². The van der Waals surface area contributed by atoms with Crippen LogP contribution in [0.1, 0.15) is 17.5 Å². The Kier molecular flexibility index (Phi) is 5.84. The maximum atomic E-state index is 12.4. The van der Waals surface area contributed by atoms with Crippen molar-refractivity contribution in [2.75, 3.05) is 20.2 Å². The van der Waals surface area contributed by atoms with Gasteiger partial charge in [0.2, 0.25) is 11.8 Å². The van der Waals surface area contributed by atoms with Crippen LogP contribution in [0.5, 0.6) is 5.75 Å². The van der Waals surface area contributed by atoms with Crippen LogP contribution >= 0.6 is 0 Å². The van der Waals surface area contributed by atoms with Gasteiger partial charge in [-0.25, -0.2) is 0 Å². The lowest BCUT2D eigenvalue weighted by Gasteiger charge is -2.16. The molecule has 136 valence electrons. The number of nitrogens with zero attached hydrogens (tertiary/aromatic N) is 2. The standard InChI is InChI=1S/C20H23N3O3/c1-26-18-5-3-2-4-16(18)8-11-22-20(25)17-12-19(24)23(14-17)13-15-6-9-21-10-7-15/h2-7,9-10,17H,8,11-14H2,1H3,(H,22,25). The SMILES string of the molecule is COc1ccccc1CCNC(=O)C1CC(=O)N(Cc2ccncc2)C1. The zero-order valence-corrected chi connectivity index (χ0v) is 14.9. The van der Waals surface area contributed by atoms with Gasteiger partial charge in [0, 0.05) is 38.4 Å². The number of nitrogens with one attached hydrogen (secondary N) is 1. The number of ether oxygens (including phenoxy) is 1. The first kappa shape index (κ1) is 17.9. The van der Waals surface area contributed by atoms with Crippen LogP contribution in [0.25, 0.3) is 0 Å². The van der Waals surface area contributed by atoms with Gasteiger partial charge in [0.1, 0.15) is 5.75 Å². The van der Waals surface area contributed by atoms with E-state index in [2.05, 4.69) is 10.3 Å². The predicted molar refractivity (Wildman–Crippen MR) is 97.5 cm³/mol. The summed E-state index contributed by atoms with van der Waals surface area (Å²) in [7, 11) is 1.64. The van der Waals surface area contributed by atoms with Crippen molar-refractivity contribution < 1.29 is 14.3 Å². The van der Waals surface area contributed by atoms with Crippen molar-refractivity contribution in [3.8, 4) is 5.75 Å². The second-order valence-corrected chi connectivity index (χ2v) is 6.38. The molecule has 1 aromatic carbocycles. The summed E-state index contributed by atoms with van der Waals surface area (Å²) in [5.41, 5.74) is 2.07. The monoisotopic (exact) mass is 353 g/mol. The molecule has 0 saturated carbocycles. The van der Waals surface area contributed by atoms with Crippen molar-refractivity contribution in [3.63, 3.8) is 0 Å². The van der Waals surface area contributed by atoms with E-state index in [9.17, 15) is 9.59 Å². The molecule has 1 atom stereocenters. The first-order valence-corrected chi connectivity index (χ1v) is 8.73. The predicted octanol–water partition coefficient (Wildman–Crippen LogP) is 1.80. The zero-order valence-electron chi connectivity index (χ0n) is 14.9.